The first-order valence-electron chi connectivity index (χ1n) is 7.18. The van der Waals surface area contributed by atoms with E-state index in [-0.39, 0.29) is 5.91 Å². The number of carbonyl (C=O) groups excluding carboxylic acids is 1. The van der Waals surface area contributed by atoms with Gasteiger partial charge in [0.15, 0.2) is 0 Å². The molecule has 0 aliphatic carbocycles. The molecule has 3 rings (SSSR count). The van der Waals surface area contributed by atoms with Crippen LogP contribution in [0.15, 0.2) is 60.7 Å². The Kier molecular flexibility index (Phi) is 4.27. The number of rotatable bonds is 2. The first-order chi connectivity index (χ1) is 10.7. The summed E-state index contributed by atoms with van der Waals surface area (Å²) in [5.41, 5.74) is 2.04. The summed E-state index contributed by atoms with van der Waals surface area (Å²) in [4.78, 5) is 14.4. The molecule has 3 nitrogen and oxygen atoms in total. The zero-order valence-electron chi connectivity index (χ0n) is 11.9. The van der Waals surface area contributed by atoms with Gasteiger partial charge < -0.3 is 10.0 Å². The summed E-state index contributed by atoms with van der Waals surface area (Å²) < 4.78 is 0. The van der Waals surface area contributed by atoms with Gasteiger partial charge in [-0.15, -0.1) is 0 Å². The molecule has 1 amide bonds. The highest BCUT2D eigenvalue weighted by Gasteiger charge is 2.26. The average molecular weight is 314 g/mol. The maximum Gasteiger partial charge on any atom is 0.258 e. The molecule has 0 spiro atoms. The molecule has 0 saturated carbocycles. The second-order valence-electron chi connectivity index (χ2n) is 5.21. The highest BCUT2D eigenvalue weighted by atomic mass is 35.5. The van der Waals surface area contributed by atoms with Crippen LogP contribution in [0.2, 0.25) is 5.02 Å². The number of nitrogens with zero attached hydrogens (tertiary/aromatic N) is 1. The van der Waals surface area contributed by atoms with Crippen molar-refractivity contribution in [3.8, 4) is 0 Å². The third kappa shape index (κ3) is 2.91. The highest BCUT2D eigenvalue weighted by Crippen LogP contribution is 2.31. The Labute approximate surface area is 134 Å². The van der Waals surface area contributed by atoms with Crippen LogP contribution in [0, 0.1) is 0 Å². The van der Waals surface area contributed by atoms with Gasteiger partial charge in [0.25, 0.3) is 5.91 Å². The van der Waals surface area contributed by atoms with Gasteiger partial charge in [0.1, 0.15) is 0 Å². The molecule has 0 radical (unpaired) electrons. The van der Waals surface area contributed by atoms with Crippen LogP contribution in [0.1, 0.15) is 22.3 Å². The van der Waals surface area contributed by atoms with Gasteiger partial charge in [-0.05, 0) is 30.7 Å². The fraction of sp³-hybridized carbons (Fsp3) is 0.167. The number of hydrogen-bond donors (Lipinski definition) is 1. The van der Waals surface area contributed by atoms with Crippen molar-refractivity contribution in [1.29, 1.82) is 0 Å². The van der Waals surface area contributed by atoms with Crippen molar-refractivity contribution in [2.45, 2.75) is 12.5 Å². The Morgan fingerprint density at radius 3 is 2.50 bits per heavy atom. The van der Waals surface area contributed by atoms with Gasteiger partial charge in [0.05, 0.1) is 11.8 Å². The van der Waals surface area contributed by atoms with Gasteiger partial charge in [-0.25, -0.2) is 0 Å². The molecule has 1 heterocycles. The molecule has 0 unspecified atom stereocenters. The molecule has 0 fully saturated rings. The van der Waals surface area contributed by atoms with Crippen molar-refractivity contribution >= 4 is 23.2 Å². The Bertz CT molecular complexity index is 712. The largest absolute Gasteiger partial charge is 0.389 e. The summed E-state index contributed by atoms with van der Waals surface area (Å²) in [6, 6.07) is 16.5. The molecule has 1 atom stereocenters. The minimum absolute atomic E-state index is 0.0846. The molecule has 2 aromatic carbocycles. The van der Waals surface area contributed by atoms with Crippen molar-refractivity contribution in [3.05, 3.63) is 76.8 Å². The van der Waals surface area contributed by atoms with E-state index >= 15 is 0 Å². The molecule has 22 heavy (non-hydrogen) atoms. The standard InChI is InChI=1S/C18H16ClNO2/c19-16-9-5-4-8-15(16)17-12-14(21)10-11-20(17)18(22)13-6-2-1-3-7-13/h1-9,12,14,21H,10-11H2/t14-/m0/s1. The number of hydrogen-bond acceptors (Lipinski definition) is 2. The van der Waals surface area contributed by atoms with Crippen LogP contribution in [0.25, 0.3) is 5.70 Å². The minimum Gasteiger partial charge on any atom is -0.389 e. The number of halogens is 1. The average Bonchev–Trinajstić information content (AvgIpc) is 2.55. The van der Waals surface area contributed by atoms with Gasteiger partial charge >= 0.3 is 0 Å². The third-order valence-corrected chi connectivity index (χ3v) is 4.03. The van der Waals surface area contributed by atoms with E-state index in [1.807, 2.05) is 36.4 Å². The van der Waals surface area contributed by atoms with E-state index in [0.717, 1.165) is 5.56 Å². The van der Waals surface area contributed by atoms with E-state index in [1.54, 1.807) is 29.2 Å². The van der Waals surface area contributed by atoms with Gasteiger partial charge in [0, 0.05) is 22.7 Å². The van der Waals surface area contributed by atoms with E-state index in [9.17, 15) is 9.90 Å². The van der Waals surface area contributed by atoms with Crippen molar-refractivity contribution < 1.29 is 9.90 Å². The van der Waals surface area contributed by atoms with Crippen LogP contribution < -0.4 is 0 Å². The van der Waals surface area contributed by atoms with E-state index in [1.165, 1.54) is 0 Å². The zero-order chi connectivity index (χ0) is 15.5. The first kappa shape index (κ1) is 14.8. The van der Waals surface area contributed by atoms with E-state index in [0.29, 0.717) is 29.2 Å². The quantitative estimate of drug-likeness (QED) is 0.920. The van der Waals surface area contributed by atoms with Crippen molar-refractivity contribution in [2.75, 3.05) is 6.54 Å². The summed E-state index contributed by atoms with van der Waals surface area (Å²) >= 11 is 6.26. The molecule has 112 valence electrons. The van der Waals surface area contributed by atoms with E-state index in [2.05, 4.69) is 0 Å². The smallest absolute Gasteiger partial charge is 0.258 e. The zero-order valence-corrected chi connectivity index (χ0v) is 12.7. The number of aliphatic hydroxyl groups is 1. The minimum atomic E-state index is -0.564. The Hall–Kier alpha value is -2.10. The third-order valence-electron chi connectivity index (χ3n) is 3.71. The molecule has 2 aromatic rings. The molecule has 1 aliphatic heterocycles. The Morgan fingerprint density at radius 2 is 1.77 bits per heavy atom. The summed E-state index contributed by atoms with van der Waals surface area (Å²) in [7, 11) is 0. The molecular weight excluding hydrogens is 298 g/mol. The lowest BCUT2D eigenvalue weighted by molar-refractivity contribution is 0.0804. The Morgan fingerprint density at radius 1 is 1.09 bits per heavy atom. The SMILES string of the molecule is O=C(c1ccccc1)N1CC[C@H](O)C=C1c1ccccc1Cl. The van der Waals surface area contributed by atoms with Crippen LogP contribution in [0.4, 0.5) is 0 Å². The van der Waals surface area contributed by atoms with Crippen molar-refractivity contribution in [1.82, 2.24) is 4.90 Å². The fourth-order valence-corrected chi connectivity index (χ4v) is 2.82. The van der Waals surface area contributed by atoms with Gasteiger partial charge in [-0.3, -0.25) is 4.79 Å². The second-order valence-corrected chi connectivity index (χ2v) is 5.62. The van der Waals surface area contributed by atoms with Crippen molar-refractivity contribution in [3.63, 3.8) is 0 Å². The number of aliphatic hydroxyl groups excluding tert-OH is 1. The molecule has 0 aromatic heterocycles. The monoisotopic (exact) mass is 313 g/mol. The van der Waals surface area contributed by atoms with E-state index < -0.39 is 6.10 Å². The van der Waals surface area contributed by atoms with Gasteiger partial charge in [-0.1, -0.05) is 48.0 Å². The van der Waals surface area contributed by atoms with Crippen LogP contribution in [0.5, 0.6) is 0 Å². The van der Waals surface area contributed by atoms with Crippen LogP contribution in [0.3, 0.4) is 0 Å². The molecule has 0 bridgehead atoms. The van der Waals surface area contributed by atoms with Gasteiger partial charge in [-0.2, -0.15) is 0 Å². The highest BCUT2D eigenvalue weighted by molar-refractivity contribution is 6.32. The fourth-order valence-electron chi connectivity index (χ4n) is 2.59. The summed E-state index contributed by atoms with van der Waals surface area (Å²) in [6.07, 6.45) is 1.66. The predicted octanol–water partition coefficient (Wildman–Crippen LogP) is 3.59. The number of benzene rings is 2. The topological polar surface area (TPSA) is 40.5 Å². The summed E-state index contributed by atoms with van der Waals surface area (Å²) in [6.45, 7) is 0.464. The van der Waals surface area contributed by atoms with Gasteiger partial charge in [0.2, 0.25) is 0 Å². The lowest BCUT2D eigenvalue weighted by atomic mass is 10.0. The molecule has 4 heteroatoms. The lowest BCUT2D eigenvalue weighted by Crippen LogP contribution is -2.36. The molecule has 1 aliphatic rings. The second kappa shape index (κ2) is 6.34. The number of carbonyl (C=O) groups is 1. The molecular formula is C18H16ClNO2. The van der Waals surface area contributed by atoms with Crippen LogP contribution >= 0.6 is 11.6 Å². The number of amides is 1. The van der Waals surface area contributed by atoms with E-state index in [4.69, 9.17) is 11.6 Å². The normalized spacial score (nSPS) is 18.0. The maximum absolute atomic E-state index is 12.8. The maximum atomic E-state index is 12.8. The lowest BCUT2D eigenvalue weighted by Gasteiger charge is -2.31. The summed E-state index contributed by atoms with van der Waals surface area (Å²) in [5, 5.41) is 10.5. The Balaban J connectivity index is 2.01. The van der Waals surface area contributed by atoms with Crippen molar-refractivity contribution in [2.24, 2.45) is 0 Å². The summed E-state index contributed by atoms with van der Waals surface area (Å²) in [5.74, 6) is -0.0846. The van der Waals surface area contributed by atoms with Crippen LogP contribution in [-0.2, 0) is 0 Å². The first-order valence-corrected chi connectivity index (χ1v) is 7.56. The van der Waals surface area contributed by atoms with Crippen LogP contribution in [-0.4, -0.2) is 28.6 Å². The molecule has 1 N–H and O–H groups in total. The molecule has 0 saturated heterocycles. The predicted molar refractivity (Wildman–Crippen MR) is 87.5 cm³/mol.